The molecule has 2 N–H and O–H groups in total. The molecule has 2 heterocycles. The Kier molecular flexibility index (Phi) is 5.12. The van der Waals surface area contributed by atoms with Crippen molar-refractivity contribution in [1.82, 2.24) is 0 Å². The van der Waals surface area contributed by atoms with Crippen molar-refractivity contribution in [1.29, 1.82) is 0 Å². The Morgan fingerprint density at radius 2 is 1.88 bits per heavy atom. The van der Waals surface area contributed by atoms with Crippen molar-refractivity contribution in [3.8, 4) is 0 Å². The van der Waals surface area contributed by atoms with E-state index in [9.17, 15) is 9.18 Å². The second kappa shape index (κ2) is 7.15. The lowest BCUT2D eigenvalue weighted by Crippen LogP contribution is -2.55. The van der Waals surface area contributed by atoms with Crippen LogP contribution >= 0.6 is 0 Å². The largest absolute Gasteiger partial charge is 0.443 e. The Morgan fingerprint density at radius 3 is 2.40 bits per heavy atom. The number of carbonyl (C=O) groups is 1. The smallest absolute Gasteiger partial charge is 0.414 e. The number of piperidine rings is 1. The molecule has 2 aliphatic heterocycles. The number of methoxy groups -OCH3 is 2. The molecule has 0 aliphatic carbocycles. The van der Waals surface area contributed by atoms with E-state index >= 15 is 0 Å². The Balaban J connectivity index is 1.68. The molecule has 2 fully saturated rings. The van der Waals surface area contributed by atoms with Crippen LogP contribution in [0, 0.1) is 0 Å². The van der Waals surface area contributed by atoms with E-state index in [-0.39, 0.29) is 12.6 Å². The van der Waals surface area contributed by atoms with Gasteiger partial charge in [-0.15, -0.1) is 0 Å². The minimum Gasteiger partial charge on any atom is -0.443 e. The average Bonchev–Trinajstić information content (AvgIpc) is 3.03. The van der Waals surface area contributed by atoms with E-state index < -0.39 is 18.1 Å². The summed E-state index contributed by atoms with van der Waals surface area (Å²) in [7, 11) is 2.93. The van der Waals surface area contributed by atoms with Crippen LogP contribution < -0.4 is 15.5 Å². The van der Waals surface area contributed by atoms with E-state index in [1.165, 1.54) is 14.2 Å². The van der Waals surface area contributed by atoms with Crippen molar-refractivity contribution in [3.05, 3.63) is 24.3 Å². The molecule has 1 aromatic carbocycles. The van der Waals surface area contributed by atoms with E-state index in [4.69, 9.17) is 19.9 Å². The highest BCUT2D eigenvalue weighted by Gasteiger charge is 2.44. The van der Waals surface area contributed by atoms with E-state index in [1.807, 2.05) is 29.2 Å². The second-order valence-electron chi connectivity index (χ2n) is 6.25. The number of anilines is 2. The minimum atomic E-state index is -1.25. The molecule has 2 aliphatic rings. The lowest BCUT2D eigenvalue weighted by Gasteiger charge is -2.42. The van der Waals surface area contributed by atoms with Gasteiger partial charge < -0.3 is 24.8 Å². The topological polar surface area (TPSA) is 77.3 Å². The summed E-state index contributed by atoms with van der Waals surface area (Å²) in [4.78, 5) is 15.4. The molecule has 2 atom stereocenters. The summed E-state index contributed by atoms with van der Waals surface area (Å²) in [5.41, 5.74) is 7.17. The van der Waals surface area contributed by atoms with Crippen LogP contribution in [0.2, 0.25) is 0 Å². The van der Waals surface area contributed by atoms with Crippen molar-refractivity contribution in [2.75, 3.05) is 50.2 Å². The van der Waals surface area contributed by atoms with Gasteiger partial charge >= 0.3 is 6.09 Å². The summed E-state index contributed by atoms with van der Waals surface area (Å²) in [6.45, 7) is 1.53. The first-order valence-corrected chi connectivity index (χ1v) is 8.30. The van der Waals surface area contributed by atoms with E-state index in [1.54, 1.807) is 4.90 Å². The Bertz CT molecular complexity index is 608. The van der Waals surface area contributed by atoms with Crippen LogP contribution in [0.3, 0.4) is 0 Å². The highest BCUT2D eigenvalue weighted by molar-refractivity contribution is 5.90. The third-order valence-electron chi connectivity index (χ3n) is 4.94. The minimum absolute atomic E-state index is 0.183. The van der Waals surface area contributed by atoms with Crippen LogP contribution in [0.25, 0.3) is 0 Å². The number of nitrogens with zero attached hydrogens (tertiary/aromatic N) is 2. The molecule has 0 bridgehead atoms. The Morgan fingerprint density at radius 1 is 1.24 bits per heavy atom. The molecule has 1 unspecified atom stereocenters. The van der Waals surface area contributed by atoms with Crippen molar-refractivity contribution >= 4 is 17.5 Å². The number of carbonyl (C=O) groups excluding carboxylic acids is 1. The molecule has 3 rings (SSSR count). The molecule has 0 spiro atoms. The van der Waals surface area contributed by atoms with Crippen LogP contribution in [0.15, 0.2) is 24.3 Å². The number of cyclic esters (lactones) is 1. The maximum Gasteiger partial charge on any atom is 0.414 e. The first-order chi connectivity index (χ1) is 12.0. The molecule has 2 saturated heterocycles. The SMILES string of the molecule is COC1(OC)CCN(c2ccc(N3CC(CN)OC3=O)cc2)C[C@@H]1F. The summed E-state index contributed by atoms with van der Waals surface area (Å²) in [6.07, 6.45) is -1.50. The molecule has 138 valence electrons. The number of rotatable bonds is 5. The molecule has 7 nitrogen and oxygen atoms in total. The van der Waals surface area contributed by atoms with Gasteiger partial charge in [0.15, 0.2) is 6.17 Å². The number of halogens is 1. The first-order valence-electron chi connectivity index (χ1n) is 8.30. The number of amides is 1. The summed E-state index contributed by atoms with van der Waals surface area (Å²) in [6, 6.07) is 7.41. The van der Waals surface area contributed by atoms with Crippen molar-refractivity contribution < 1.29 is 23.4 Å². The zero-order valence-electron chi connectivity index (χ0n) is 14.5. The quantitative estimate of drug-likeness (QED) is 0.809. The fourth-order valence-electron chi connectivity index (χ4n) is 3.35. The molecule has 25 heavy (non-hydrogen) atoms. The molecule has 0 aromatic heterocycles. The van der Waals surface area contributed by atoms with Crippen molar-refractivity contribution in [2.45, 2.75) is 24.5 Å². The first kappa shape index (κ1) is 17.9. The second-order valence-corrected chi connectivity index (χ2v) is 6.25. The monoisotopic (exact) mass is 353 g/mol. The van der Waals surface area contributed by atoms with Crippen LogP contribution in [-0.2, 0) is 14.2 Å². The lowest BCUT2D eigenvalue weighted by atomic mass is 10.0. The van der Waals surface area contributed by atoms with Crippen molar-refractivity contribution in [3.63, 3.8) is 0 Å². The molecule has 1 amide bonds. The third kappa shape index (κ3) is 3.29. The van der Waals surface area contributed by atoms with Crippen LogP contribution in [0.1, 0.15) is 6.42 Å². The lowest BCUT2D eigenvalue weighted by molar-refractivity contribution is -0.249. The number of ether oxygens (including phenoxy) is 3. The van der Waals surface area contributed by atoms with Gasteiger partial charge in [-0.05, 0) is 24.3 Å². The molecule has 1 aromatic rings. The average molecular weight is 353 g/mol. The van der Waals surface area contributed by atoms with Crippen LogP contribution in [-0.4, -0.2) is 64.6 Å². The normalized spacial score (nSPS) is 26.0. The summed E-state index contributed by atoms with van der Waals surface area (Å²) >= 11 is 0. The van der Waals surface area contributed by atoms with Crippen LogP contribution in [0.5, 0.6) is 0 Å². The summed E-state index contributed by atoms with van der Waals surface area (Å²) in [5.74, 6) is -1.17. The van der Waals surface area contributed by atoms with Gasteiger partial charge in [0.2, 0.25) is 5.79 Å². The highest BCUT2D eigenvalue weighted by Crippen LogP contribution is 2.32. The molecular weight excluding hydrogens is 329 g/mol. The predicted octanol–water partition coefficient (Wildman–Crippen LogP) is 1.51. The van der Waals surface area contributed by atoms with Gasteiger partial charge in [0, 0.05) is 45.1 Å². The van der Waals surface area contributed by atoms with Gasteiger partial charge in [0.25, 0.3) is 0 Å². The molecule has 0 radical (unpaired) electrons. The number of hydrogen-bond acceptors (Lipinski definition) is 6. The van der Waals surface area contributed by atoms with Gasteiger partial charge in [-0.3, -0.25) is 4.90 Å². The fraction of sp³-hybridized carbons (Fsp3) is 0.588. The maximum absolute atomic E-state index is 14.5. The number of alkyl halides is 1. The number of nitrogens with two attached hydrogens (primary N) is 1. The Hall–Kier alpha value is -1.90. The van der Waals surface area contributed by atoms with E-state index in [2.05, 4.69) is 0 Å². The van der Waals surface area contributed by atoms with Gasteiger partial charge in [0.1, 0.15) is 6.10 Å². The predicted molar refractivity (Wildman–Crippen MR) is 91.6 cm³/mol. The summed E-state index contributed by atoms with van der Waals surface area (Å²) < 4.78 is 30.2. The molecule has 8 heteroatoms. The fourth-order valence-corrected chi connectivity index (χ4v) is 3.35. The zero-order chi connectivity index (χ0) is 18.0. The van der Waals surface area contributed by atoms with Crippen molar-refractivity contribution in [2.24, 2.45) is 5.73 Å². The highest BCUT2D eigenvalue weighted by atomic mass is 19.1. The third-order valence-corrected chi connectivity index (χ3v) is 4.94. The number of benzene rings is 1. The molecule has 0 saturated carbocycles. The number of hydrogen-bond donors (Lipinski definition) is 1. The van der Waals surface area contributed by atoms with Gasteiger partial charge in [-0.2, -0.15) is 0 Å². The zero-order valence-corrected chi connectivity index (χ0v) is 14.5. The van der Waals surface area contributed by atoms with Gasteiger partial charge in [-0.1, -0.05) is 0 Å². The van der Waals surface area contributed by atoms with Crippen LogP contribution in [0.4, 0.5) is 20.6 Å². The van der Waals surface area contributed by atoms with Gasteiger partial charge in [0.05, 0.1) is 13.1 Å². The summed E-state index contributed by atoms with van der Waals surface area (Å²) in [5, 5.41) is 0. The van der Waals surface area contributed by atoms with E-state index in [0.717, 1.165) is 11.4 Å². The van der Waals surface area contributed by atoms with Gasteiger partial charge in [-0.25, -0.2) is 9.18 Å². The molecular formula is C17H24FN3O4. The van der Waals surface area contributed by atoms with E-state index in [0.29, 0.717) is 26.1 Å². The Labute approximate surface area is 146 Å². The maximum atomic E-state index is 14.5. The standard InChI is InChI=1S/C17H24FN3O4/c1-23-17(24-2)7-8-20(11-15(17)18)12-3-5-13(6-4-12)21-10-14(9-19)25-16(21)22/h3-6,14-15H,7-11,19H2,1-2H3/t14?,15-/m0/s1.